The molecule has 0 atom stereocenters. The van der Waals surface area contributed by atoms with Crippen molar-refractivity contribution in [2.45, 2.75) is 39.5 Å². The second kappa shape index (κ2) is 6.96. The van der Waals surface area contributed by atoms with Gasteiger partial charge in [-0.3, -0.25) is 0 Å². The summed E-state index contributed by atoms with van der Waals surface area (Å²) in [6, 6.07) is 4.52. The van der Waals surface area contributed by atoms with Gasteiger partial charge in [0.15, 0.2) is 0 Å². The van der Waals surface area contributed by atoms with Gasteiger partial charge in [-0.1, -0.05) is 19.4 Å². The van der Waals surface area contributed by atoms with Gasteiger partial charge in [0.05, 0.1) is 12.1 Å². The van der Waals surface area contributed by atoms with Gasteiger partial charge >= 0.3 is 0 Å². The summed E-state index contributed by atoms with van der Waals surface area (Å²) >= 11 is 0. The maximum absolute atomic E-state index is 9.27. The summed E-state index contributed by atoms with van der Waals surface area (Å²) in [6.45, 7) is 4.20. The van der Waals surface area contributed by atoms with E-state index in [0.29, 0.717) is 5.57 Å². The second-order valence-corrected chi connectivity index (χ2v) is 5.61. The van der Waals surface area contributed by atoms with Gasteiger partial charge in [-0.25, -0.2) is 0 Å². The zero-order valence-corrected chi connectivity index (χ0v) is 13.5. The van der Waals surface area contributed by atoms with E-state index >= 15 is 0 Å². The zero-order chi connectivity index (χ0) is 16.1. The average Bonchev–Trinajstić information content (AvgIpc) is 2.70. The Kier molecular flexibility index (Phi) is 5.02. The Balaban J connectivity index is 2.53. The van der Waals surface area contributed by atoms with Crippen molar-refractivity contribution < 1.29 is 0 Å². The van der Waals surface area contributed by atoms with Gasteiger partial charge in [-0.2, -0.15) is 10.5 Å². The van der Waals surface area contributed by atoms with E-state index in [4.69, 9.17) is 5.26 Å². The Morgan fingerprint density at radius 2 is 2.14 bits per heavy atom. The van der Waals surface area contributed by atoms with Crippen LogP contribution < -0.4 is 0 Å². The number of allylic oxidation sites excluding steroid dienone is 4. The van der Waals surface area contributed by atoms with Crippen molar-refractivity contribution in [2.75, 3.05) is 0 Å². The van der Waals surface area contributed by atoms with Crippen LogP contribution in [-0.2, 0) is 13.5 Å². The normalized spacial score (nSPS) is 15.9. The highest BCUT2D eigenvalue weighted by molar-refractivity contribution is 5.67. The summed E-state index contributed by atoms with van der Waals surface area (Å²) in [7, 11) is 2.03. The first-order chi connectivity index (χ1) is 10.6. The predicted octanol–water partition coefficient (Wildman–Crippen LogP) is 4.45. The fraction of sp³-hybridized carbons (Fsp3) is 0.368. The van der Waals surface area contributed by atoms with Crippen LogP contribution >= 0.6 is 0 Å². The van der Waals surface area contributed by atoms with Gasteiger partial charge in [0.1, 0.15) is 0 Å². The molecule has 1 aliphatic carbocycles. The Bertz CT molecular complexity index is 743. The minimum Gasteiger partial charge on any atom is -0.344 e. The maximum atomic E-state index is 9.27. The molecule has 0 aromatic carbocycles. The van der Waals surface area contributed by atoms with Crippen molar-refractivity contribution in [3.63, 3.8) is 0 Å². The first-order valence-corrected chi connectivity index (χ1v) is 7.69. The van der Waals surface area contributed by atoms with Gasteiger partial charge in [0.2, 0.25) is 0 Å². The van der Waals surface area contributed by atoms with E-state index < -0.39 is 0 Å². The molecule has 1 heterocycles. The van der Waals surface area contributed by atoms with Crippen LogP contribution in [0, 0.1) is 29.6 Å². The molecule has 3 heteroatoms. The van der Waals surface area contributed by atoms with Crippen LogP contribution in [0.15, 0.2) is 23.3 Å². The first kappa shape index (κ1) is 15.9. The lowest BCUT2D eigenvalue weighted by molar-refractivity contribution is 0.880. The zero-order valence-electron chi connectivity index (χ0n) is 13.5. The highest BCUT2D eigenvalue weighted by Gasteiger charge is 2.16. The quantitative estimate of drug-likeness (QED) is 0.772. The van der Waals surface area contributed by atoms with Crippen molar-refractivity contribution >= 4 is 12.2 Å². The molecule has 1 aromatic heterocycles. The molecule has 0 N–H and O–H groups in total. The molecule has 0 saturated carbocycles. The van der Waals surface area contributed by atoms with Crippen LogP contribution in [0.4, 0.5) is 0 Å². The van der Waals surface area contributed by atoms with Crippen molar-refractivity contribution in [2.24, 2.45) is 7.05 Å². The van der Waals surface area contributed by atoms with Crippen molar-refractivity contribution in [1.82, 2.24) is 4.57 Å². The summed E-state index contributed by atoms with van der Waals surface area (Å²) in [5, 5.41) is 18.3. The van der Waals surface area contributed by atoms with Crippen LogP contribution in [0.25, 0.3) is 12.2 Å². The van der Waals surface area contributed by atoms with Crippen LogP contribution in [0.1, 0.15) is 48.7 Å². The number of hydrogen-bond acceptors (Lipinski definition) is 2. The Hall–Kier alpha value is -2.52. The van der Waals surface area contributed by atoms with E-state index in [-0.39, 0.29) is 0 Å². The van der Waals surface area contributed by atoms with E-state index in [1.165, 1.54) is 11.1 Å². The van der Waals surface area contributed by atoms with Gasteiger partial charge in [0, 0.05) is 29.6 Å². The molecule has 0 unspecified atom stereocenters. The van der Waals surface area contributed by atoms with Crippen molar-refractivity contribution in [3.05, 3.63) is 45.8 Å². The van der Waals surface area contributed by atoms with E-state index in [1.54, 1.807) is 0 Å². The SMILES string of the molecule is CCC/C(C#N)=C\c1c(C)c2c(n1C)/C=C\C(C#N)=CCC2. The molecule has 3 nitrogen and oxygen atoms in total. The van der Waals surface area contributed by atoms with Crippen molar-refractivity contribution in [1.29, 1.82) is 10.5 Å². The van der Waals surface area contributed by atoms with Gasteiger partial charge in [-0.05, 0) is 55.5 Å². The maximum Gasteiger partial charge on any atom is 0.0988 e. The summed E-state index contributed by atoms with van der Waals surface area (Å²) in [4.78, 5) is 0. The molecule has 0 radical (unpaired) electrons. The molecule has 0 aliphatic heterocycles. The fourth-order valence-corrected chi connectivity index (χ4v) is 2.95. The largest absolute Gasteiger partial charge is 0.344 e. The van der Waals surface area contributed by atoms with E-state index in [1.807, 2.05) is 31.4 Å². The lowest BCUT2D eigenvalue weighted by atomic mass is 10.00. The number of nitriles is 2. The van der Waals surface area contributed by atoms with E-state index in [2.05, 4.69) is 30.6 Å². The van der Waals surface area contributed by atoms with E-state index in [0.717, 1.165) is 42.6 Å². The molecular weight excluding hydrogens is 270 g/mol. The molecule has 0 spiro atoms. The smallest absolute Gasteiger partial charge is 0.0988 e. The molecule has 22 heavy (non-hydrogen) atoms. The number of aromatic nitrogens is 1. The van der Waals surface area contributed by atoms with Crippen LogP contribution in [0.2, 0.25) is 0 Å². The lowest BCUT2D eigenvalue weighted by Crippen LogP contribution is -1.97. The third kappa shape index (κ3) is 3.05. The van der Waals surface area contributed by atoms with Gasteiger partial charge in [0.25, 0.3) is 0 Å². The number of hydrogen-bond donors (Lipinski definition) is 0. The van der Waals surface area contributed by atoms with Crippen molar-refractivity contribution in [3.8, 4) is 12.1 Å². The highest BCUT2D eigenvalue weighted by Crippen LogP contribution is 2.28. The summed E-state index contributed by atoms with van der Waals surface area (Å²) < 4.78 is 2.13. The minimum atomic E-state index is 0.713. The fourth-order valence-electron chi connectivity index (χ4n) is 2.95. The number of nitrogens with zero attached hydrogens (tertiary/aromatic N) is 3. The summed E-state index contributed by atoms with van der Waals surface area (Å²) in [5.41, 5.74) is 6.31. The molecule has 0 bridgehead atoms. The highest BCUT2D eigenvalue weighted by atomic mass is 15.0. The molecule has 2 rings (SSSR count). The topological polar surface area (TPSA) is 52.5 Å². The Morgan fingerprint density at radius 1 is 1.36 bits per heavy atom. The minimum absolute atomic E-state index is 0.713. The predicted molar refractivity (Wildman–Crippen MR) is 89.7 cm³/mol. The third-order valence-electron chi connectivity index (χ3n) is 4.15. The Labute approximate surface area is 132 Å². The number of fused-ring (bicyclic) bond motifs is 1. The summed E-state index contributed by atoms with van der Waals surface area (Å²) in [5.74, 6) is 0. The molecule has 112 valence electrons. The molecular formula is C19H21N3. The van der Waals surface area contributed by atoms with Crippen LogP contribution in [0.3, 0.4) is 0 Å². The third-order valence-corrected chi connectivity index (χ3v) is 4.15. The average molecular weight is 291 g/mol. The van der Waals surface area contributed by atoms with Gasteiger partial charge in [-0.15, -0.1) is 0 Å². The molecule has 1 aliphatic rings. The van der Waals surface area contributed by atoms with Crippen LogP contribution in [-0.4, -0.2) is 4.57 Å². The molecule has 0 fully saturated rings. The first-order valence-electron chi connectivity index (χ1n) is 7.69. The summed E-state index contributed by atoms with van der Waals surface area (Å²) in [6.07, 6.45) is 11.5. The van der Waals surface area contributed by atoms with E-state index in [9.17, 15) is 5.26 Å². The molecule has 1 aromatic rings. The van der Waals surface area contributed by atoms with Crippen LogP contribution in [0.5, 0.6) is 0 Å². The second-order valence-electron chi connectivity index (χ2n) is 5.61. The lowest BCUT2D eigenvalue weighted by Gasteiger charge is -2.06. The number of rotatable bonds is 3. The Morgan fingerprint density at radius 3 is 2.77 bits per heavy atom. The monoisotopic (exact) mass is 291 g/mol. The van der Waals surface area contributed by atoms with Gasteiger partial charge < -0.3 is 4.57 Å². The standard InChI is InChI=1S/C19H21N3/c1-4-6-16(13-21)11-19-14(2)17-8-5-7-15(12-20)9-10-18(17)22(19)3/h7,9-11H,4-6,8H2,1-3H3/b10-9-,15-7?,16-11+. The molecule has 0 amide bonds. The molecule has 0 saturated heterocycles.